The molecule has 0 saturated carbocycles. The van der Waals surface area contributed by atoms with Gasteiger partial charge in [0.15, 0.2) is 11.3 Å². The molecule has 1 aliphatic carbocycles. The van der Waals surface area contributed by atoms with Crippen LogP contribution in [0.5, 0.6) is 0 Å². The number of unbranched alkanes of at least 4 members (excludes halogenated alkanes) is 3. The zero-order chi connectivity index (χ0) is 39.4. The minimum absolute atomic E-state index is 0.0509. The smallest absolute Gasteiger partial charge is 0.295 e. The Bertz CT molecular complexity index is 2440. The first-order chi connectivity index (χ1) is 25.5. The van der Waals surface area contributed by atoms with Gasteiger partial charge in [-0.3, -0.25) is 14.1 Å². The van der Waals surface area contributed by atoms with Crippen LogP contribution in [0.25, 0.3) is 44.1 Å². The molecule has 3 aromatic carbocycles. The highest BCUT2D eigenvalue weighted by Gasteiger charge is 2.28. The van der Waals surface area contributed by atoms with E-state index in [1.54, 1.807) is 12.1 Å². The molecule has 5 rings (SSSR count). The third-order valence-electron chi connectivity index (χ3n) is 8.75. The van der Waals surface area contributed by atoms with Crippen molar-refractivity contribution < 1.29 is 39.4 Å². The van der Waals surface area contributed by atoms with Crippen LogP contribution in [0.3, 0.4) is 0 Å². The van der Waals surface area contributed by atoms with Crippen LogP contribution in [0, 0.1) is 11.3 Å². The average Bonchev–Trinajstić information content (AvgIpc) is 3.09. The van der Waals surface area contributed by atoms with Gasteiger partial charge >= 0.3 is 0 Å². The van der Waals surface area contributed by atoms with Crippen molar-refractivity contribution in [1.29, 1.82) is 5.26 Å². The molecule has 1 aliphatic heterocycles. The zero-order valence-corrected chi connectivity index (χ0v) is 33.7. The zero-order valence-electron chi connectivity index (χ0n) is 31.2. The van der Waals surface area contributed by atoms with Gasteiger partial charge in [-0.15, -0.1) is 0 Å². The number of fused-ring (bicyclic) bond motifs is 5. The molecule has 17 heteroatoms. The lowest BCUT2D eigenvalue weighted by molar-refractivity contribution is 0.174. The van der Waals surface area contributed by atoms with Crippen LogP contribution in [0.1, 0.15) is 59.8 Å². The lowest BCUT2D eigenvalue weighted by Gasteiger charge is -2.35. The summed E-state index contributed by atoms with van der Waals surface area (Å²) in [6.45, 7) is 9.42. The Morgan fingerprint density at radius 1 is 0.889 bits per heavy atom. The maximum absolute atomic E-state index is 13.2. The first-order valence-corrected chi connectivity index (χ1v) is 21.6. The summed E-state index contributed by atoms with van der Waals surface area (Å²) in [6.07, 6.45) is 3.33. The molecule has 0 aromatic heterocycles. The van der Waals surface area contributed by atoms with Gasteiger partial charge in [-0.1, -0.05) is 25.0 Å². The predicted octanol–water partition coefficient (Wildman–Crippen LogP) is 7.55. The summed E-state index contributed by atoms with van der Waals surface area (Å²) in [4.78, 5) is 10.4. The lowest BCUT2D eigenvalue weighted by Crippen LogP contribution is -2.33. The molecular weight excluding hydrogens is 754 g/mol. The van der Waals surface area contributed by atoms with E-state index >= 15 is 0 Å². The third-order valence-corrected chi connectivity index (χ3v) is 12.7. The molecular formula is C37H46N5O9PS2. The fourth-order valence-corrected chi connectivity index (χ4v) is 9.68. The van der Waals surface area contributed by atoms with Crippen molar-refractivity contribution in [3.05, 3.63) is 53.9 Å². The summed E-state index contributed by atoms with van der Waals surface area (Å²) in [7, 11) is -7.33. The highest BCUT2D eigenvalue weighted by molar-refractivity contribution is 7.86. The van der Waals surface area contributed by atoms with E-state index in [1.165, 1.54) is 18.2 Å². The van der Waals surface area contributed by atoms with Crippen LogP contribution < -0.4 is 10.3 Å². The van der Waals surface area contributed by atoms with Crippen molar-refractivity contribution in [2.45, 2.75) is 81.7 Å². The van der Waals surface area contributed by atoms with E-state index in [4.69, 9.17) is 28.7 Å². The minimum atomic E-state index is -4.99. The average molecular weight is 800 g/mol. The highest BCUT2D eigenvalue weighted by atomic mass is 32.2. The number of hydrogen-bond donors (Lipinski definition) is 2. The molecule has 0 saturated heterocycles. The number of nitrogens with zero attached hydrogens (tertiary/aromatic N) is 5. The first-order valence-electron chi connectivity index (χ1n) is 17.6. The van der Waals surface area contributed by atoms with Gasteiger partial charge in [-0.2, -0.15) is 22.1 Å². The molecule has 1 unspecified atom stereocenters. The maximum atomic E-state index is 13.2. The Labute approximate surface area is 317 Å². The fourth-order valence-electron chi connectivity index (χ4n) is 6.43. The molecule has 0 bridgehead atoms. The molecule has 2 aliphatic rings. The van der Waals surface area contributed by atoms with Gasteiger partial charge in [-0.25, -0.2) is 9.65 Å². The number of nitriles is 1. The van der Waals surface area contributed by atoms with Crippen molar-refractivity contribution in [3.8, 4) is 17.5 Å². The summed E-state index contributed by atoms with van der Waals surface area (Å²) >= 11 is 0. The van der Waals surface area contributed by atoms with E-state index in [1.807, 2.05) is 31.1 Å². The third kappa shape index (κ3) is 9.35. The number of aromatic nitrogens is 1. The van der Waals surface area contributed by atoms with Crippen molar-refractivity contribution >= 4 is 67.1 Å². The van der Waals surface area contributed by atoms with Crippen LogP contribution in [-0.4, -0.2) is 81.5 Å². The Morgan fingerprint density at radius 2 is 1.59 bits per heavy atom. The summed E-state index contributed by atoms with van der Waals surface area (Å²) in [5.74, 6) is 0.261. The van der Waals surface area contributed by atoms with Crippen molar-refractivity contribution in [2.75, 3.05) is 38.8 Å². The van der Waals surface area contributed by atoms with Gasteiger partial charge in [0.1, 0.15) is 21.0 Å². The molecule has 14 nitrogen and oxygen atoms in total. The molecule has 54 heavy (non-hydrogen) atoms. The van der Waals surface area contributed by atoms with E-state index in [0.717, 1.165) is 31.0 Å². The molecule has 0 amide bonds. The molecule has 0 fully saturated rings. The molecule has 1 atom stereocenters. The SMILES string of the molecule is CC(C)N(C(C)C)P(OCCC#N)OCCCCCC/N=c1/cc2oc3cc(N(C)C)ccc3nc-2c2cc3c(S(=O)(=O)O)cccc3c(S(=O)(=O)O)c12. The van der Waals surface area contributed by atoms with Crippen molar-refractivity contribution in [2.24, 2.45) is 4.99 Å². The summed E-state index contributed by atoms with van der Waals surface area (Å²) < 4.78 is 92.5. The second-order valence-corrected chi connectivity index (χ2v) is 17.8. The Kier molecular flexibility index (Phi) is 13.3. The van der Waals surface area contributed by atoms with E-state index < -0.39 is 38.6 Å². The summed E-state index contributed by atoms with van der Waals surface area (Å²) in [6, 6.07) is 14.8. The standard InChI is InChI=1S/C37H46N5O9PS2/c1-24(2)42(25(3)4)52(50-20-12-17-38)49-19-10-8-7-9-18-39-31-23-33-36(40-30-16-15-26(41(5)6)21-32(30)51-33)29-22-28-27(37(35(29)31)54(46,47)48)13-11-14-34(28)53(43,44)45/h11,13-16,21-25H,7-10,12,18-20H2,1-6H3,(H,43,44,45)(H,46,47,48)/b39-31-. The normalized spacial score (nSPS) is 13.6. The van der Waals surface area contributed by atoms with Gasteiger partial charge in [0.05, 0.1) is 31.1 Å². The fraction of sp³-hybridized carbons (Fsp3) is 0.432. The van der Waals surface area contributed by atoms with Crippen LogP contribution in [0.15, 0.2) is 67.7 Å². The summed E-state index contributed by atoms with van der Waals surface area (Å²) in [5.41, 5.74) is 2.00. The summed E-state index contributed by atoms with van der Waals surface area (Å²) in [5, 5.41) is 9.17. The molecule has 1 heterocycles. The Balaban J connectivity index is 1.51. The minimum Gasteiger partial charge on any atom is -0.453 e. The van der Waals surface area contributed by atoms with Crippen LogP contribution in [0.2, 0.25) is 0 Å². The van der Waals surface area contributed by atoms with Gasteiger partial charge in [0.25, 0.3) is 28.8 Å². The number of hydrogen-bond acceptors (Lipinski definition) is 12. The van der Waals surface area contributed by atoms with E-state index in [0.29, 0.717) is 37.3 Å². The van der Waals surface area contributed by atoms with Crippen molar-refractivity contribution in [3.63, 3.8) is 0 Å². The van der Waals surface area contributed by atoms with Gasteiger partial charge in [-0.05, 0) is 64.8 Å². The first kappa shape index (κ1) is 41.4. The van der Waals surface area contributed by atoms with E-state index in [9.17, 15) is 25.9 Å². The molecule has 3 aromatic rings. The second kappa shape index (κ2) is 17.3. The number of benzene rings is 4. The molecule has 2 N–H and O–H groups in total. The monoisotopic (exact) mass is 799 g/mol. The highest BCUT2D eigenvalue weighted by Crippen LogP contribution is 2.46. The van der Waals surface area contributed by atoms with Crippen LogP contribution >= 0.6 is 8.53 Å². The quantitative estimate of drug-likeness (QED) is 0.0308. The van der Waals surface area contributed by atoms with Crippen LogP contribution in [-0.2, 0) is 29.3 Å². The topological polar surface area (TPSA) is 196 Å². The van der Waals surface area contributed by atoms with Crippen LogP contribution in [0.4, 0.5) is 5.69 Å². The van der Waals surface area contributed by atoms with E-state index in [-0.39, 0.29) is 56.9 Å². The number of anilines is 1. The molecule has 0 radical (unpaired) electrons. The molecule has 0 spiro atoms. The largest absolute Gasteiger partial charge is 0.453 e. The van der Waals surface area contributed by atoms with Gasteiger partial charge in [0.2, 0.25) is 0 Å². The van der Waals surface area contributed by atoms with Gasteiger partial charge in [0, 0.05) is 72.1 Å². The Hall–Kier alpha value is -3.78. The maximum Gasteiger partial charge on any atom is 0.295 e. The Morgan fingerprint density at radius 3 is 2.24 bits per heavy atom. The predicted molar refractivity (Wildman–Crippen MR) is 210 cm³/mol. The van der Waals surface area contributed by atoms with Gasteiger partial charge < -0.3 is 18.4 Å². The number of rotatable bonds is 17. The second-order valence-electron chi connectivity index (χ2n) is 13.6. The lowest BCUT2D eigenvalue weighted by atomic mass is 9.99. The molecule has 290 valence electrons. The van der Waals surface area contributed by atoms with E-state index in [2.05, 4.69) is 38.4 Å². The van der Waals surface area contributed by atoms with Crippen molar-refractivity contribution in [1.82, 2.24) is 9.65 Å².